The molecule has 0 aliphatic carbocycles. The molecule has 0 spiro atoms. The molecular formula is C38H44N4O8S. The topological polar surface area (TPSA) is 173 Å². The Labute approximate surface area is 298 Å². The quantitative estimate of drug-likeness (QED) is 0.106. The lowest BCUT2D eigenvalue weighted by Crippen LogP contribution is -2.50. The van der Waals surface area contributed by atoms with Gasteiger partial charge in [-0.2, -0.15) is 4.31 Å². The van der Waals surface area contributed by atoms with E-state index in [0.717, 1.165) is 28.2 Å². The number of para-hydroxylation sites is 1. The number of aliphatic hydroxyl groups excluding tert-OH is 1. The number of methoxy groups -OCH3 is 1. The summed E-state index contributed by atoms with van der Waals surface area (Å²) in [4.78, 5) is 39.0. The van der Waals surface area contributed by atoms with Crippen LogP contribution in [-0.2, 0) is 26.0 Å². The number of anilines is 1. The van der Waals surface area contributed by atoms with Crippen LogP contribution in [-0.4, -0.2) is 67.1 Å². The fraction of sp³-hybridized carbons (Fsp3) is 0.316. The van der Waals surface area contributed by atoms with Crippen LogP contribution in [0, 0.1) is 16.0 Å². The molecule has 51 heavy (non-hydrogen) atoms. The van der Waals surface area contributed by atoms with Gasteiger partial charge in [0.25, 0.3) is 11.6 Å². The first kappa shape index (κ1) is 38.8. The Morgan fingerprint density at radius 1 is 0.863 bits per heavy atom. The maximum Gasteiger partial charge on any atom is 0.420 e. The molecular weight excluding hydrogens is 673 g/mol. The van der Waals surface area contributed by atoms with Gasteiger partial charge in [0.2, 0.25) is 10.0 Å². The number of benzene rings is 4. The van der Waals surface area contributed by atoms with Crippen LogP contribution in [0.1, 0.15) is 49.3 Å². The number of carbonyl (C=O) groups excluding carboxylic acids is 2. The molecule has 270 valence electrons. The van der Waals surface area contributed by atoms with Gasteiger partial charge in [0, 0.05) is 30.6 Å². The first-order valence-electron chi connectivity index (χ1n) is 16.6. The number of sulfonamides is 1. The molecule has 0 aromatic heterocycles. The van der Waals surface area contributed by atoms with Gasteiger partial charge in [-0.1, -0.05) is 92.7 Å². The zero-order valence-corrected chi connectivity index (χ0v) is 29.7. The molecule has 0 saturated heterocycles. The summed E-state index contributed by atoms with van der Waals surface area (Å²) in [6.45, 7) is 3.47. The molecule has 4 aromatic rings. The van der Waals surface area contributed by atoms with E-state index in [1.54, 1.807) is 24.3 Å². The highest BCUT2D eigenvalue weighted by molar-refractivity contribution is 7.89. The lowest BCUT2D eigenvalue weighted by atomic mass is 9.84. The zero-order valence-electron chi connectivity index (χ0n) is 28.9. The smallest absolute Gasteiger partial charge is 0.420 e. The minimum absolute atomic E-state index is 0.0891. The molecule has 0 unspecified atom stereocenters. The molecule has 13 heteroatoms. The molecule has 4 aromatic carbocycles. The lowest BCUT2D eigenvalue weighted by molar-refractivity contribution is -0.384. The van der Waals surface area contributed by atoms with E-state index in [4.69, 9.17) is 10.5 Å². The van der Waals surface area contributed by atoms with Gasteiger partial charge in [-0.05, 0) is 60.1 Å². The number of nitro groups is 1. The van der Waals surface area contributed by atoms with Crippen molar-refractivity contribution in [2.24, 2.45) is 11.7 Å². The summed E-state index contributed by atoms with van der Waals surface area (Å²) in [6.07, 6.45) is -0.178. The van der Waals surface area contributed by atoms with Crippen LogP contribution in [0.15, 0.2) is 114 Å². The predicted molar refractivity (Wildman–Crippen MR) is 195 cm³/mol. The number of carbonyl (C=O) groups is 2. The monoisotopic (exact) mass is 716 g/mol. The van der Waals surface area contributed by atoms with Crippen molar-refractivity contribution in [2.75, 3.05) is 25.2 Å². The fourth-order valence-corrected chi connectivity index (χ4v) is 7.63. The number of imide groups is 1. The average molecular weight is 717 g/mol. The second-order valence-corrected chi connectivity index (χ2v) is 14.4. The molecule has 0 saturated carbocycles. The summed E-state index contributed by atoms with van der Waals surface area (Å²) in [5.74, 6) is -1.17. The molecule has 3 N–H and O–H groups in total. The third-order valence-corrected chi connectivity index (χ3v) is 10.7. The van der Waals surface area contributed by atoms with Crippen molar-refractivity contribution < 1.29 is 32.8 Å². The molecule has 0 bridgehead atoms. The van der Waals surface area contributed by atoms with Gasteiger partial charge in [-0.25, -0.2) is 18.1 Å². The number of amides is 2. The van der Waals surface area contributed by atoms with Crippen molar-refractivity contribution in [3.05, 3.63) is 136 Å². The fourth-order valence-electron chi connectivity index (χ4n) is 5.97. The van der Waals surface area contributed by atoms with Gasteiger partial charge >= 0.3 is 6.09 Å². The van der Waals surface area contributed by atoms with Gasteiger partial charge < -0.3 is 15.6 Å². The molecule has 0 aliphatic heterocycles. The van der Waals surface area contributed by atoms with Crippen molar-refractivity contribution in [3.63, 3.8) is 0 Å². The van der Waals surface area contributed by atoms with Crippen LogP contribution in [0.25, 0.3) is 0 Å². The van der Waals surface area contributed by atoms with Crippen LogP contribution in [0.3, 0.4) is 0 Å². The minimum Gasteiger partial charge on any atom is -0.452 e. The van der Waals surface area contributed by atoms with Crippen molar-refractivity contribution >= 4 is 33.4 Å². The van der Waals surface area contributed by atoms with E-state index >= 15 is 0 Å². The standard InChI is InChI=1S/C38H44N4O8S/c1-27(2)24-25-40(51(48,49)33-22-20-31(21-23-33)42(46)47)32(26-43)19-18-28-12-10-11-17-34(28)41(38(45)50-3)37(44)36(39)35(29-13-6-4-7-14-29)30-15-8-5-9-16-30/h4-17,20-23,27,32,35-36,43H,18-19,24-26,39H2,1-3H3/t32-,36-/m0/s1. The highest BCUT2D eigenvalue weighted by Crippen LogP contribution is 2.32. The molecule has 0 heterocycles. The Hall–Kier alpha value is -4.95. The highest BCUT2D eigenvalue weighted by atomic mass is 32.2. The number of aliphatic hydroxyl groups is 1. The number of rotatable bonds is 16. The van der Waals surface area contributed by atoms with E-state index in [0.29, 0.717) is 12.0 Å². The average Bonchev–Trinajstić information content (AvgIpc) is 3.14. The Kier molecular flexibility index (Phi) is 13.6. The number of ether oxygens (including phenoxy) is 1. The van der Waals surface area contributed by atoms with Gasteiger partial charge in [-0.15, -0.1) is 0 Å². The number of non-ortho nitro benzene ring substituents is 1. The molecule has 4 rings (SSSR count). The van der Waals surface area contributed by atoms with Crippen molar-refractivity contribution in [3.8, 4) is 0 Å². The summed E-state index contributed by atoms with van der Waals surface area (Å²) in [5.41, 5.74) is 8.79. The molecule has 2 atom stereocenters. The summed E-state index contributed by atoms with van der Waals surface area (Å²) >= 11 is 0. The summed E-state index contributed by atoms with van der Waals surface area (Å²) < 4.78 is 34.1. The van der Waals surface area contributed by atoms with Gasteiger partial charge in [-0.3, -0.25) is 14.9 Å². The highest BCUT2D eigenvalue weighted by Gasteiger charge is 2.37. The molecule has 2 amide bonds. The maximum atomic E-state index is 14.3. The number of nitrogens with zero attached hydrogens (tertiary/aromatic N) is 3. The lowest BCUT2D eigenvalue weighted by Gasteiger charge is -2.31. The Morgan fingerprint density at radius 2 is 1.41 bits per heavy atom. The van der Waals surface area contributed by atoms with Crippen LogP contribution in [0.5, 0.6) is 0 Å². The van der Waals surface area contributed by atoms with Crippen LogP contribution in [0.4, 0.5) is 16.2 Å². The first-order chi connectivity index (χ1) is 24.4. The minimum atomic E-state index is -4.19. The van der Waals surface area contributed by atoms with Gasteiger partial charge in [0.1, 0.15) is 0 Å². The largest absolute Gasteiger partial charge is 0.452 e. The van der Waals surface area contributed by atoms with E-state index in [-0.39, 0.29) is 41.6 Å². The van der Waals surface area contributed by atoms with Gasteiger partial charge in [0.05, 0.1) is 35.3 Å². The van der Waals surface area contributed by atoms with E-state index < -0.39 is 51.6 Å². The number of hydrogen-bond acceptors (Lipinski definition) is 9. The van der Waals surface area contributed by atoms with Crippen molar-refractivity contribution in [2.45, 2.75) is 56.0 Å². The normalized spacial score (nSPS) is 12.9. The Morgan fingerprint density at radius 3 is 1.92 bits per heavy atom. The molecule has 0 fully saturated rings. The predicted octanol–water partition coefficient (Wildman–Crippen LogP) is 5.88. The summed E-state index contributed by atoms with van der Waals surface area (Å²) in [7, 11) is -3.02. The van der Waals surface area contributed by atoms with Crippen molar-refractivity contribution in [1.82, 2.24) is 4.31 Å². The van der Waals surface area contributed by atoms with Gasteiger partial charge in [0.15, 0.2) is 0 Å². The van der Waals surface area contributed by atoms with E-state index in [9.17, 15) is 33.2 Å². The third kappa shape index (κ3) is 9.44. The third-order valence-electron chi connectivity index (χ3n) is 8.72. The Bertz CT molecular complexity index is 1830. The van der Waals surface area contributed by atoms with E-state index in [1.165, 1.54) is 23.5 Å². The SMILES string of the molecule is COC(=O)N(C(=O)[C@@H](N)C(c1ccccc1)c1ccccc1)c1ccccc1CC[C@@H](CO)N(CCC(C)C)S(=O)(=O)c1ccc([N+](=O)[O-])cc1. The number of nitrogens with two attached hydrogens (primary N) is 1. The molecule has 12 nitrogen and oxygen atoms in total. The zero-order chi connectivity index (χ0) is 37.1. The second-order valence-electron chi connectivity index (χ2n) is 12.5. The van der Waals surface area contributed by atoms with Crippen LogP contribution >= 0.6 is 0 Å². The van der Waals surface area contributed by atoms with Crippen LogP contribution < -0.4 is 10.6 Å². The summed E-state index contributed by atoms with van der Waals surface area (Å²) in [6, 6.07) is 27.8. The number of hydrogen-bond donors (Lipinski definition) is 2. The number of nitro benzene ring substituents is 1. The second kappa shape index (κ2) is 17.8. The van der Waals surface area contributed by atoms with Crippen molar-refractivity contribution in [1.29, 1.82) is 0 Å². The summed E-state index contributed by atoms with van der Waals surface area (Å²) in [5, 5.41) is 21.7. The molecule has 0 aliphatic rings. The molecule has 0 radical (unpaired) electrons. The Balaban J connectivity index is 1.68. The van der Waals surface area contributed by atoms with E-state index in [1.807, 2.05) is 74.5 Å². The first-order valence-corrected chi connectivity index (χ1v) is 18.1. The van der Waals surface area contributed by atoms with E-state index in [2.05, 4.69) is 0 Å². The number of aryl methyl sites for hydroxylation is 1. The maximum absolute atomic E-state index is 14.3. The van der Waals surface area contributed by atoms with Crippen LogP contribution in [0.2, 0.25) is 0 Å².